The Labute approximate surface area is 130 Å². The second-order valence-corrected chi connectivity index (χ2v) is 7.66. The van der Waals surface area contributed by atoms with E-state index in [0.29, 0.717) is 23.4 Å². The molecule has 1 fully saturated rings. The highest BCUT2D eigenvalue weighted by molar-refractivity contribution is 5.04. The third-order valence-corrected chi connectivity index (χ3v) is 5.78. The summed E-state index contributed by atoms with van der Waals surface area (Å²) in [6.45, 7) is 11.7. The van der Waals surface area contributed by atoms with Crippen LogP contribution in [-0.2, 0) is 0 Å². The summed E-state index contributed by atoms with van der Waals surface area (Å²) >= 11 is 0. The van der Waals surface area contributed by atoms with E-state index < -0.39 is 0 Å². The molecular formula is C18H33N3. The number of hydrogen-bond donors (Lipinski definition) is 1. The molecule has 3 unspecified atom stereocenters. The van der Waals surface area contributed by atoms with E-state index in [0.717, 1.165) is 5.92 Å². The number of likely N-dealkylation sites (N-methyl/N-ethyl adjacent to an activating group) is 1. The fraction of sp³-hybridized carbons (Fsp3) is 0.833. The number of rotatable bonds is 5. The van der Waals surface area contributed by atoms with Gasteiger partial charge in [0.25, 0.3) is 0 Å². The molecule has 0 aliphatic heterocycles. The molecule has 3 nitrogen and oxygen atoms in total. The lowest BCUT2D eigenvalue weighted by Gasteiger charge is -2.44. The Kier molecular flexibility index (Phi) is 5.13. The van der Waals surface area contributed by atoms with E-state index in [4.69, 9.17) is 0 Å². The van der Waals surface area contributed by atoms with E-state index in [1.165, 1.54) is 31.5 Å². The smallest absolute Gasteiger partial charge is 0.111 e. The third kappa shape index (κ3) is 3.33. The van der Waals surface area contributed by atoms with Crippen molar-refractivity contribution in [2.45, 2.75) is 78.3 Å². The zero-order valence-corrected chi connectivity index (χ0v) is 14.7. The summed E-state index contributed by atoms with van der Waals surface area (Å²) < 4.78 is 2.45. The monoisotopic (exact) mass is 291 g/mol. The second-order valence-electron chi connectivity index (χ2n) is 7.66. The van der Waals surface area contributed by atoms with Crippen LogP contribution < -0.4 is 5.32 Å². The molecule has 0 amide bonds. The van der Waals surface area contributed by atoms with Crippen molar-refractivity contribution >= 4 is 0 Å². The first kappa shape index (κ1) is 16.5. The maximum absolute atomic E-state index is 4.60. The molecular weight excluding hydrogens is 258 g/mol. The Hall–Kier alpha value is -0.830. The van der Waals surface area contributed by atoms with Crippen LogP contribution in [0.15, 0.2) is 12.4 Å². The second kappa shape index (κ2) is 6.51. The molecule has 0 spiro atoms. The van der Waals surface area contributed by atoms with Crippen LogP contribution in [0.4, 0.5) is 0 Å². The molecule has 1 N–H and O–H groups in total. The summed E-state index contributed by atoms with van der Waals surface area (Å²) in [5.74, 6) is 2.52. The predicted molar refractivity (Wildman–Crippen MR) is 89.6 cm³/mol. The minimum absolute atomic E-state index is 0.440. The largest absolute Gasteiger partial charge is 0.330 e. The maximum Gasteiger partial charge on any atom is 0.111 e. The molecule has 3 heteroatoms. The normalized spacial score (nSPS) is 27.3. The molecule has 21 heavy (non-hydrogen) atoms. The Bertz CT molecular complexity index is 447. The number of imidazole rings is 1. The van der Waals surface area contributed by atoms with E-state index in [1.807, 2.05) is 6.20 Å². The van der Waals surface area contributed by atoms with Crippen molar-refractivity contribution in [2.75, 3.05) is 7.05 Å². The molecule has 0 radical (unpaired) electrons. The lowest BCUT2D eigenvalue weighted by atomic mass is 9.67. The van der Waals surface area contributed by atoms with E-state index in [9.17, 15) is 0 Å². The lowest BCUT2D eigenvalue weighted by Crippen LogP contribution is -2.43. The van der Waals surface area contributed by atoms with E-state index >= 15 is 0 Å². The van der Waals surface area contributed by atoms with Gasteiger partial charge in [0.2, 0.25) is 0 Å². The molecule has 1 aliphatic rings. The summed E-state index contributed by atoms with van der Waals surface area (Å²) in [6, 6.07) is 1.11. The van der Waals surface area contributed by atoms with Gasteiger partial charge in [0.15, 0.2) is 0 Å². The van der Waals surface area contributed by atoms with Crippen LogP contribution in [0.5, 0.6) is 0 Å². The topological polar surface area (TPSA) is 29.9 Å². The number of hydrogen-bond acceptors (Lipinski definition) is 2. The summed E-state index contributed by atoms with van der Waals surface area (Å²) in [6.07, 6.45) is 9.29. The van der Waals surface area contributed by atoms with Gasteiger partial charge in [0.1, 0.15) is 5.82 Å². The van der Waals surface area contributed by atoms with Crippen LogP contribution >= 0.6 is 0 Å². The molecule has 120 valence electrons. The predicted octanol–water partition coefficient (Wildman–Crippen LogP) is 4.37. The van der Waals surface area contributed by atoms with Crippen molar-refractivity contribution in [1.29, 1.82) is 0 Å². The number of nitrogens with one attached hydrogen (secondary N) is 1. The molecule has 0 aromatic carbocycles. The summed E-state index contributed by atoms with van der Waals surface area (Å²) in [5, 5.41) is 3.55. The van der Waals surface area contributed by atoms with Gasteiger partial charge in [-0.05, 0) is 37.6 Å². The molecule has 1 heterocycles. The van der Waals surface area contributed by atoms with Gasteiger partial charge in [0.05, 0.1) is 6.04 Å². The summed E-state index contributed by atoms with van der Waals surface area (Å²) in [5.41, 5.74) is 0.440. The molecule has 1 saturated carbocycles. The Morgan fingerprint density at radius 3 is 2.67 bits per heavy atom. The highest BCUT2D eigenvalue weighted by Crippen LogP contribution is 2.44. The van der Waals surface area contributed by atoms with E-state index in [-0.39, 0.29) is 0 Å². The molecule has 2 rings (SSSR count). The van der Waals surface area contributed by atoms with Crippen molar-refractivity contribution in [3.63, 3.8) is 0 Å². The van der Waals surface area contributed by atoms with Crippen molar-refractivity contribution in [2.24, 2.45) is 11.3 Å². The van der Waals surface area contributed by atoms with Gasteiger partial charge < -0.3 is 9.88 Å². The van der Waals surface area contributed by atoms with Crippen LogP contribution in [0.2, 0.25) is 0 Å². The minimum Gasteiger partial charge on any atom is -0.330 e. The van der Waals surface area contributed by atoms with E-state index in [1.54, 1.807) is 0 Å². The van der Waals surface area contributed by atoms with Crippen LogP contribution in [0.25, 0.3) is 0 Å². The molecule has 1 aromatic rings. The van der Waals surface area contributed by atoms with Crippen LogP contribution in [0.3, 0.4) is 0 Å². The zero-order chi connectivity index (χ0) is 15.6. The summed E-state index contributed by atoms with van der Waals surface area (Å²) in [7, 11) is 2.11. The summed E-state index contributed by atoms with van der Waals surface area (Å²) in [4.78, 5) is 4.60. The number of nitrogens with zero attached hydrogens (tertiary/aromatic N) is 2. The number of aromatic nitrogens is 2. The molecule has 0 saturated heterocycles. The van der Waals surface area contributed by atoms with Gasteiger partial charge in [-0.1, -0.05) is 41.0 Å². The Morgan fingerprint density at radius 2 is 2.10 bits per heavy atom. The molecule has 1 aromatic heterocycles. The van der Waals surface area contributed by atoms with Crippen molar-refractivity contribution < 1.29 is 0 Å². The molecule has 0 bridgehead atoms. The standard InChI is InChI=1S/C18H33N3/c1-7-18(4,5)14-8-9-15(19-6)16(12-14)21-11-10-20-17(21)13(2)3/h10-11,13-16,19H,7-9,12H2,1-6H3. The Balaban J connectivity index is 2.27. The van der Waals surface area contributed by atoms with Crippen LogP contribution in [-0.4, -0.2) is 22.6 Å². The first-order valence-electron chi connectivity index (χ1n) is 8.60. The van der Waals surface area contributed by atoms with E-state index in [2.05, 4.69) is 62.7 Å². The van der Waals surface area contributed by atoms with Crippen molar-refractivity contribution in [3.05, 3.63) is 18.2 Å². The zero-order valence-electron chi connectivity index (χ0n) is 14.7. The lowest BCUT2D eigenvalue weighted by molar-refractivity contribution is 0.102. The first-order valence-corrected chi connectivity index (χ1v) is 8.60. The average molecular weight is 291 g/mol. The van der Waals surface area contributed by atoms with Crippen molar-refractivity contribution in [3.8, 4) is 0 Å². The third-order valence-electron chi connectivity index (χ3n) is 5.78. The quantitative estimate of drug-likeness (QED) is 0.873. The molecule has 1 aliphatic carbocycles. The van der Waals surface area contributed by atoms with Gasteiger partial charge in [-0.25, -0.2) is 4.98 Å². The highest BCUT2D eigenvalue weighted by Gasteiger charge is 2.38. The average Bonchev–Trinajstić information content (AvgIpc) is 2.96. The van der Waals surface area contributed by atoms with Gasteiger partial charge in [-0.3, -0.25) is 0 Å². The fourth-order valence-electron chi connectivity index (χ4n) is 3.84. The fourth-order valence-corrected chi connectivity index (χ4v) is 3.84. The molecule has 3 atom stereocenters. The van der Waals surface area contributed by atoms with Gasteiger partial charge in [-0.15, -0.1) is 0 Å². The Morgan fingerprint density at radius 1 is 1.38 bits per heavy atom. The van der Waals surface area contributed by atoms with Gasteiger partial charge >= 0.3 is 0 Å². The highest BCUT2D eigenvalue weighted by atomic mass is 15.1. The SMILES string of the molecule is CCC(C)(C)C1CCC(NC)C(n2ccnc2C(C)C)C1. The maximum atomic E-state index is 4.60. The van der Waals surface area contributed by atoms with Gasteiger partial charge in [-0.2, -0.15) is 0 Å². The minimum atomic E-state index is 0.440. The van der Waals surface area contributed by atoms with Crippen LogP contribution in [0, 0.1) is 11.3 Å². The van der Waals surface area contributed by atoms with Crippen molar-refractivity contribution in [1.82, 2.24) is 14.9 Å². The van der Waals surface area contributed by atoms with Gasteiger partial charge in [0, 0.05) is 24.4 Å². The van der Waals surface area contributed by atoms with Crippen LogP contribution in [0.1, 0.15) is 78.1 Å². The first-order chi connectivity index (χ1) is 9.90.